The molecule has 0 amide bonds. The van der Waals surface area contributed by atoms with Crippen LogP contribution in [0.1, 0.15) is 25.0 Å². The standard InChI is InChI=1S/C83H60N2/c1-83(2)81-55-73(84(69-43-35-61(36-44-69)57-15-5-3-6-16-57)71-47-39-63(40-48-71)59-27-31-67(32-28-59)77-25-13-21-65-19-9-11-23-75(65)77)51-53-79(81)80-54-52-74(56-82(80)83)85(70-45-37-62(38-46-70)58-17-7-4-8-18-58)72-49-41-64(42-50-72)60-29-33-68(34-30-60)78-26-14-22-66-20-10-12-24-76(66)78/h3-56H,1-2H3. The van der Waals surface area contributed by atoms with Crippen molar-refractivity contribution in [1.29, 1.82) is 0 Å². The van der Waals surface area contributed by atoms with Crippen LogP contribution >= 0.6 is 0 Å². The van der Waals surface area contributed by atoms with Crippen molar-refractivity contribution in [1.82, 2.24) is 0 Å². The molecule has 0 fully saturated rings. The van der Waals surface area contributed by atoms with Gasteiger partial charge >= 0.3 is 0 Å². The van der Waals surface area contributed by atoms with Crippen LogP contribution in [0.15, 0.2) is 328 Å². The lowest BCUT2D eigenvalue weighted by atomic mass is 9.82. The van der Waals surface area contributed by atoms with E-state index in [-0.39, 0.29) is 5.41 Å². The molecule has 0 aromatic heterocycles. The van der Waals surface area contributed by atoms with Gasteiger partial charge in [0.2, 0.25) is 0 Å². The van der Waals surface area contributed by atoms with Gasteiger partial charge in [-0.2, -0.15) is 0 Å². The summed E-state index contributed by atoms with van der Waals surface area (Å²) < 4.78 is 0. The van der Waals surface area contributed by atoms with Crippen molar-refractivity contribution >= 4 is 55.7 Å². The highest BCUT2D eigenvalue weighted by Gasteiger charge is 2.37. The second kappa shape index (κ2) is 21.5. The first-order valence-electron chi connectivity index (χ1n) is 29.5. The monoisotopic (exact) mass is 1080 g/mol. The quantitative estimate of drug-likeness (QED) is 0.120. The zero-order valence-corrected chi connectivity index (χ0v) is 47.6. The Kier molecular flexibility index (Phi) is 12.9. The third-order valence-electron chi connectivity index (χ3n) is 17.5. The second-order valence-corrected chi connectivity index (χ2v) is 22.9. The zero-order chi connectivity index (χ0) is 56.8. The fourth-order valence-electron chi connectivity index (χ4n) is 13.0. The summed E-state index contributed by atoms with van der Waals surface area (Å²) in [5.74, 6) is 0. The van der Waals surface area contributed by atoms with Crippen LogP contribution in [0.4, 0.5) is 34.1 Å². The van der Waals surface area contributed by atoms with Crippen molar-refractivity contribution in [2.75, 3.05) is 9.80 Å². The Bertz CT molecular complexity index is 4400. The third kappa shape index (κ3) is 9.54. The van der Waals surface area contributed by atoms with Crippen molar-refractivity contribution in [3.63, 3.8) is 0 Å². The number of nitrogens with zero attached hydrogens (tertiary/aromatic N) is 2. The molecule has 2 heteroatoms. The summed E-state index contributed by atoms with van der Waals surface area (Å²) in [6.45, 7) is 4.79. The van der Waals surface area contributed by atoms with Crippen LogP contribution in [0.3, 0.4) is 0 Å². The van der Waals surface area contributed by atoms with Crippen molar-refractivity contribution in [2.45, 2.75) is 19.3 Å². The largest absolute Gasteiger partial charge is 0.310 e. The average Bonchev–Trinajstić information content (AvgIpc) is 2.70. The molecule has 402 valence electrons. The van der Waals surface area contributed by atoms with E-state index < -0.39 is 0 Å². The Balaban J connectivity index is 0.765. The second-order valence-electron chi connectivity index (χ2n) is 22.9. The summed E-state index contributed by atoms with van der Waals surface area (Å²) in [6, 6.07) is 120. The lowest BCUT2D eigenvalue weighted by molar-refractivity contribution is 0.660. The Labute approximate surface area is 498 Å². The molecule has 85 heavy (non-hydrogen) atoms. The van der Waals surface area contributed by atoms with Gasteiger partial charge in [-0.25, -0.2) is 0 Å². The lowest BCUT2D eigenvalue weighted by Crippen LogP contribution is -2.17. The highest BCUT2D eigenvalue weighted by atomic mass is 15.1. The predicted molar refractivity (Wildman–Crippen MR) is 361 cm³/mol. The van der Waals surface area contributed by atoms with Gasteiger partial charge in [-0.1, -0.05) is 269 Å². The van der Waals surface area contributed by atoms with E-state index in [9.17, 15) is 0 Å². The normalized spacial score (nSPS) is 12.2. The van der Waals surface area contributed by atoms with Crippen LogP contribution in [0.25, 0.3) is 99.4 Å². The summed E-state index contributed by atoms with van der Waals surface area (Å²) >= 11 is 0. The summed E-state index contributed by atoms with van der Waals surface area (Å²) in [7, 11) is 0. The van der Waals surface area contributed by atoms with Gasteiger partial charge < -0.3 is 9.80 Å². The Hall–Kier alpha value is -10.8. The molecule has 0 radical (unpaired) electrons. The van der Waals surface area contributed by atoms with E-state index in [0.717, 1.165) is 34.1 Å². The van der Waals surface area contributed by atoms with Crippen LogP contribution in [0, 0.1) is 0 Å². The molecule has 2 nitrogen and oxygen atoms in total. The van der Waals surface area contributed by atoms with Crippen molar-refractivity contribution in [3.05, 3.63) is 339 Å². The van der Waals surface area contributed by atoms with Gasteiger partial charge in [0.1, 0.15) is 0 Å². The van der Waals surface area contributed by atoms with Crippen LogP contribution in [-0.4, -0.2) is 0 Å². The van der Waals surface area contributed by atoms with Gasteiger partial charge in [0, 0.05) is 39.5 Å². The molecule has 14 aromatic carbocycles. The highest BCUT2D eigenvalue weighted by Crippen LogP contribution is 2.53. The van der Waals surface area contributed by atoms with E-state index in [2.05, 4.69) is 351 Å². The SMILES string of the molecule is CC1(C)c2cc(N(c3ccc(-c4ccccc4)cc3)c3ccc(-c4ccc(-c5cccc6ccccc56)cc4)cc3)ccc2-c2ccc(N(c3ccc(-c4ccccc4)cc3)c3ccc(-c4ccc(-c5cccc6ccccc56)cc4)cc3)cc21. The van der Waals surface area contributed by atoms with E-state index in [1.807, 2.05) is 0 Å². The van der Waals surface area contributed by atoms with E-state index in [4.69, 9.17) is 0 Å². The summed E-state index contributed by atoms with van der Waals surface area (Å²) in [6.07, 6.45) is 0. The average molecular weight is 1090 g/mol. The lowest BCUT2D eigenvalue weighted by Gasteiger charge is -2.29. The summed E-state index contributed by atoms with van der Waals surface area (Å²) in [4.78, 5) is 4.83. The molecule has 0 bridgehead atoms. The molecule has 0 saturated heterocycles. The van der Waals surface area contributed by atoms with Gasteiger partial charge in [-0.15, -0.1) is 0 Å². The fourth-order valence-corrected chi connectivity index (χ4v) is 13.0. The van der Waals surface area contributed by atoms with Gasteiger partial charge in [0.05, 0.1) is 0 Å². The Morgan fingerprint density at radius 1 is 0.200 bits per heavy atom. The molecular weight excluding hydrogens is 1020 g/mol. The van der Waals surface area contributed by atoms with Crippen molar-refractivity contribution in [2.24, 2.45) is 0 Å². The molecule has 1 aliphatic carbocycles. The number of rotatable bonds is 12. The molecule has 0 aliphatic heterocycles. The van der Waals surface area contributed by atoms with E-state index in [0.29, 0.717) is 0 Å². The minimum atomic E-state index is -0.313. The molecule has 14 aromatic rings. The number of benzene rings is 14. The third-order valence-corrected chi connectivity index (χ3v) is 17.5. The van der Waals surface area contributed by atoms with Crippen LogP contribution in [0.2, 0.25) is 0 Å². The first kappa shape index (κ1) is 51.1. The van der Waals surface area contributed by atoms with Gasteiger partial charge in [0.15, 0.2) is 0 Å². The van der Waals surface area contributed by atoms with Crippen LogP contribution < -0.4 is 9.80 Å². The number of fused-ring (bicyclic) bond motifs is 5. The number of hydrogen-bond donors (Lipinski definition) is 0. The topological polar surface area (TPSA) is 6.48 Å². The van der Waals surface area contributed by atoms with E-state index in [1.54, 1.807) is 0 Å². The highest BCUT2D eigenvalue weighted by molar-refractivity contribution is 5.98. The van der Waals surface area contributed by atoms with Gasteiger partial charge in [-0.3, -0.25) is 0 Å². The van der Waals surface area contributed by atoms with Gasteiger partial charge in [0.25, 0.3) is 0 Å². The predicted octanol–water partition coefficient (Wildman–Crippen LogP) is 23.2. The molecule has 0 N–H and O–H groups in total. The van der Waals surface area contributed by atoms with Gasteiger partial charge in [-0.05, 0) is 183 Å². The molecular formula is C83H60N2. The maximum Gasteiger partial charge on any atom is 0.0465 e. The summed E-state index contributed by atoms with van der Waals surface area (Å²) in [5.41, 5.74) is 25.9. The maximum atomic E-state index is 2.44. The molecule has 0 saturated carbocycles. The minimum absolute atomic E-state index is 0.313. The fraction of sp³-hybridized carbons (Fsp3) is 0.0361. The first-order chi connectivity index (χ1) is 41.9. The Morgan fingerprint density at radius 3 is 0.800 bits per heavy atom. The minimum Gasteiger partial charge on any atom is -0.310 e. The van der Waals surface area contributed by atoms with Crippen molar-refractivity contribution < 1.29 is 0 Å². The smallest absolute Gasteiger partial charge is 0.0465 e. The molecule has 0 unspecified atom stereocenters. The van der Waals surface area contributed by atoms with Crippen LogP contribution in [0.5, 0.6) is 0 Å². The van der Waals surface area contributed by atoms with Crippen molar-refractivity contribution in [3.8, 4) is 77.9 Å². The molecule has 0 heterocycles. The first-order valence-corrected chi connectivity index (χ1v) is 29.5. The van der Waals surface area contributed by atoms with E-state index >= 15 is 0 Å². The molecule has 0 spiro atoms. The van der Waals surface area contributed by atoms with Crippen LogP contribution in [-0.2, 0) is 5.41 Å². The number of anilines is 6. The zero-order valence-electron chi connectivity index (χ0n) is 47.6. The van der Waals surface area contributed by atoms with E-state index in [1.165, 1.54) is 111 Å². The Morgan fingerprint density at radius 2 is 0.459 bits per heavy atom. The molecule has 15 rings (SSSR count). The summed E-state index contributed by atoms with van der Waals surface area (Å²) in [5, 5.41) is 5.04. The molecule has 0 atom stereocenters. The number of hydrogen-bond acceptors (Lipinski definition) is 2. The maximum absolute atomic E-state index is 2.44. The molecule has 1 aliphatic rings.